The maximum absolute atomic E-state index is 12.0. The monoisotopic (exact) mass is 449 g/mol. The fourth-order valence-corrected chi connectivity index (χ4v) is 3.28. The molecule has 178 valence electrons. The number of carbonyl (C=O) groups is 2. The fraction of sp³-hybridized carbons (Fsp3) is 0.682. The number of H-pyrrole nitrogens is 1. The van der Waals surface area contributed by atoms with Gasteiger partial charge in [-0.25, -0.2) is 4.98 Å². The summed E-state index contributed by atoms with van der Waals surface area (Å²) < 4.78 is 12.6. The third-order valence-corrected chi connectivity index (χ3v) is 5.20. The van der Waals surface area contributed by atoms with Gasteiger partial charge in [0.15, 0.2) is 11.2 Å². The van der Waals surface area contributed by atoms with Crippen LogP contribution in [-0.4, -0.2) is 44.7 Å². The van der Waals surface area contributed by atoms with Crippen molar-refractivity contribution in [2.24, 2.45) is 5.92 Å². The van der Waals surface area contributed by atoms with E-state index < -0.39 is 5.56 Å². The van der Waals surface area contributed by atoms with E-state index in [0.717, 1.165) is 38.5 Å². The van der Waals surface area contributed by atoms with Crippen LogP contribution in [0.3, 0.4) is 0 Å². The number of aromatic nitrogens is 4. The lowest BCUT2D eigenvalue weighted by molar-refractivity contribution is -0.149. The number of unbranched alkanes of at least 4 members (excludes halogenated alkanes) is 4. The van der Waals surface area contributed by atoms with Gasteiger partial charge in [0, 0.05) is 25.3 Å². The van der Waals surface area contributed by atoms with E-state index in [1.807, 2.05) is 0 Å². The minimum atomic E-state index is -0.398. The molecule has 0 saturated heterocycles. The van der Waals surface area contributed by atoms with E-state index in [9.17, 15) is 14.4 Å². The largest absolute Gasteiger partial charge is 0.465 e. The number of aromatic amines is 1. The maximum Gasteiger partial charge on any atom is 0.305 e. The number of nitrogen functional groups attached to an aromatic ring is 1. The first-order valence-electron chi connectivity index (χ1n) is 11.5. The van der Waals surface area contributed by atoms with E-state index in [0.29, 0.717) is 31.5 Å². The fourth-order valence-electron chi connectivity index (χ4n) is 3.28. The van der Waals surface area contributed by atoms with Gasteiger partial charge in [0.1, 0.15) is 0 Å². The van der Waals surface area contributed by atoms with Gasteiger partial charge in [0.2, 0.25) is 5.95 Å². The number of rotatable bonds is 15. The zero-order valence-electron chi connectivity index (χ0n) is 19.1. The highest BCUT2D eigenvalue weighted by atomic mass is 16.5. The molecule has 3 N–H and O–H groups in total. The van der Waals surface area contributed by atoms with Gasteiger partial charge >= 0.3 is 11.9 Å². The van der Waals surface area contributed by atoms with Crippen LogP contribution < -0.4 is 11.3 Å². The van der Waals surface area contributed by atoms with Crippen LogP contribution in [-0.2, 0) is 25.6 Å². The van der Waals surface area contributed by atoms with Gasteiger partial charge in [-0.1, -0.05) is 39.5 Å². The van der Waals surface area contributed by atoms with Gasteiger partial charge in [-0.2, -0.15) is 4.98 Å². The summed E-state index contributed by atoms with van der Waals surface area (Å²) >= 11 is 0. The molecule has 0 aliphatic rings. The molecule has 2 rings (SSSR count). The van der Waals surface area contributed by atoms with Crippen LogP contribution in [0, 0.1) is 5.92 Å². The van der Waals surface area contributed by atoms with Crippen molar-refractivity contribution >= 4 is 29.1 Å². The number of esters is 2. The number of fused-ring (bicyclic) bond motifs is 1. The van der Waals surface area contributed by atoms with Gasteiger partial charge in [-0.15, -0.1) is 0 Å². The van der Waals surface area contributed by atoms with Crippen LogP contribution in [0.5, 0.6) is 0 Å². The first-order chi connectivity index (χ1) is 15.4. The van der Waals surface area contributed by atoms with Crippen LogP contribution in [0.15, 0.2) is 11.1 Å². The predicted octanol–water partition coefficient (Wildman–Crippen LogP) is 2.96. The van der Waals surface area contributed by atoms with Gasteiger partial charge in [0.05, 0.1) is 19.5 Å². The number of carbonyl (C=O) groups excluding carboxylic acids is 2. The zero-order chi connectivity index (χ0) is 23.3. The van der Waals surface area contributed by atoms with Crippen molar-refractivity contribution in [1.29, 1.82) is 0 Å². The summed E-state index contributed by atoms with van der Waals surface area (Å²) in [6.45, 7) is 4.93. The number of hydrogen-bond acceptors (Lipinski definition) is 8. The minimum Gasteiger partial charge on any atom is -0.465 e. The quantitative estimate of drug-likeness (QED) is 0.312. The molecule has 0 radical (unpaired) electrons. The average Bonchev–Trinajstić information content (AvgIpc) is 3.16. The summed E-state index contributed by atoms with van der Waals surface area (Å²) in [5.74, 6) is -0.654. The summed E-state index contributed by atoms with van der Waals surface area (Å²) in [6, 6.07) is 0. The normalized spacial score (nSPS) is 11.2. The molecule has 0 unspecified atom stereocenters. The number of anilines is 1. The smallest absolute Gasteiger partial charge is 0.305 e. The Hall–Kier alpha value is -2.91. The summed E-state index contributed by atoms with van der Waals surface area (Å²) in [5, 5.41) is 0. The summed E-state index contributed by atoms with van der Waals surface area (Å²) in [5.41, 5.74) is 5.85. The molecule has 0 saturated carbocycles. The molecule has 0 aliphatic carbocycles. The van der Waals surface area contributed by atoms with Crippen molar-refractivity contribution < 1.29 is 19.1 Å². The molecule has 2 heterocycles. The van der Waals surface area contributed by atoms with Crippen LogP contribution in [0.4, 0.5) is 5.95 Å². The third-order valence-electron chi connectivity index (χ3n) is 5.20. The van der Waals surface area contributed by atoms with Gasteiger partial charge in [-0.3, -0.25) is 19.4 Å². The molecule has 0 aliphatic heterocycles. The Morgan fingerprint density at radius 2 is 1.66 bits per heavy atom. The van der Waals surface area contributed by atoms with Crippen molar-refractivity contribution in [1.82, 2.24) is 19.5 Å². The number of aryl methyl sites for hydroxylation is 1. The predicted molar refractivity (Wildman–Crippen MR) is 121 cm³/mol. The molecular weight excluding hydrogens is 414 g/mol. The lowest BCUT2D eigenvalue weighted by Gasteiger charge is -2.18. The van der Waals surface area contributed by atoms with Gasteiger partial charge < -0.3 is 19.8 Å². The van der Waals surface area contributed by atoms with E-state index in [1.54, 1.807) is 4.57 Å². The van der Waals surface area contributed by atoms with E-state index >= 15 is 0 Å². The molecule has 0 spiro atoms. The molecule has 10 nitrogen and oxygen atoms in total. The van der Waals surface area contributed by atoms with Crippen molar-refractivity contribution in [2.75, 3.05) is 18.9 Å². The van der Waals surface area contributed by atoms with E-state index in [2.05, 4.69) is 28.8 Å². The van der Waals surface area contributed by atoms with Crippen molar-refractivity contribution in [3.63, 3.8) is 0 Å². The maximum atomic E-state index is 12.0. The van der Waals surface area contributed by atoms with Crippen LogP contribution in [0.25, 0.3) is 11.2 Å². The second kappa shape index (κ2) is 13.5. The Labute approximate surface area is 187 Å². The highest BCUT2D eigenvalue weighted by Crippen LogP contribution is 2.13. The number of nitrogens with zero attached hydrogens (tertiary/aromatic N) is 3. The van der Waals surface area contributed by atoms with E-state index in [-0.39, 0.29) is 42.5 Å². The number of imidazole rings is 1. The van der Waals surface area contributed by atoms with E-state index in [4.69, 9.17) is 15.2 Å². The molecule has 2 aromatic heterocycles. The van der Waals surface area contributed by atoms with Crippen molar-refractivity contribution in [3.05, 3.63) is 16.7 Å². The van der Waals surface area contributed by atoms with Crippen molar-refractivity contribution in [3.8, 4) is 0 Å². The first kappa shape index (κ1) is 25.4. The molecule has 0 bridgehead atoms. The lowest BCUT2D eigenvalue weighted by atomic mass is 10.1. The topological polar surface area (TPSA) is 142 Å². The standard InChI is InChI=1S/C22H35N5O5/c1-3-5-7-9-17(28)31-13-16(14-32-18(29)10-8-6-4-2)11-12-27-15-24-19-20(27)25-22(23)26-21(19)30/h15-16H,3-14H2,1-2H3,(H3,23,25,26,30). The Morgan fingerprint density at radius 1 is 1.06 bits per heavy atom. The van der Waals surface area contributed by atoms with Crippen LogP contribution in [0.1, 0.15) is 71.6 Å². The Morgan fingerprint density at radius 3 is 2.22 bits per heavy atom. The Balaban J connectivity index is 1.96. The number of nitrogens with two attached hydrogens (primary N) is 1. The minimum absolute atomic E-state index is 0.0165. The highest BCUT2D eigenvalue weighted by Gasteiger charge is 2.17. The third kappa shape index (κ3) is 8.32. The Bertz CT molecular complexity index is 897. The lowest BCUT2D eigenvalue weighted by Crippen LogP contribution is -2.22. The molecular formula is C22H35N5O5. The molecule has 0 amide bonds. The van der Waals surface area contributed by atoms with Gasteiger partial charge in [-0.05, 0) is 19.3 Å². The number of hydrogen-bond donors (Lipinski definition) is 2. The van der Waals surface area contributed by atoms with Crippen molar-refractivity contribution in [2.45, 2.75) is 78.2 Å². The molecule has 0 aromatic carbocycles. The SMILES string of the molecule is CCCCCC(=O)OCC(CCn1cnc2c(=O)[nH]c(N)nc21)COC(=O)CCCCC. The first-order valence-corrected chi connectivity index (χ1v) is 11.5. The number of ether oxygens (including phenoxy) is 2. The average molecular weight is 450 g/mol. The molecule has 0 atom stereocenters. The molecule has 0 fully saturated rings. The second-order valence-electron chi connectivity index (χ2n) is 8.00. The molecule has 2 aromatic rings. The number of nitrogens with one attached hydrogen (secondary N) is 1. The Kier molecular flexibility index (Phi) is 10.7. The summed E-state index contributed by atoms with van der Waals surface area (Å²) in [7, 11) is 0. The van der Waals surface area contributed by atoms with Crippen LogP contribution >= 0.6 is 0 Å². The molecule has 10 heteroatoms. The van der Waals surface area contributed by atoms with E-state index in [1.165, 1.54) is 6.33 Å². The van der Waals surface area contributed by atoms with Gasteiger partial charge in [0.25, 0.3) is 5.56 Å². The summed E-state index contributed by atoms with van der Waals surface area (Å²) in [4.78, 5) is 46.7. The summed E-state index contributed by atoms with van der Waals surface area (Å²) in [6.07, 6.45) is 8.47. The molecule has 32 heavy (non-hydrogen) atoms. The second-order valence-corrected chi connectivity index (χ2v) is 8.00. The zero-order valence-corrected chi connectivity index (χ0v) is 19.1. The van der Waals surface area contributed by atoms with Crippen LogP contribution in [0.2, 0.25) is 0 Å². The highest BCUT2D eigenvalue weighted by molar-refractivity contribution is 5.70.